The fourth-order valence-electron chi connectivity index (χ4n) is 3.21. The first-order chi connectivity index (χ1) is 12.2. The average Bonchev–Trinajstić information content (AvgIpc) is 3.06. The predicted molar refractivity (Wildman–Crippen MR) is 97.6 cm³/mol. The van der Waals surface area contributed by atoms with Crippen molar-refractivity contribution < 1.29 is 4.74 Å². The van der Waals surface area contributed by atoms with Crippen LogP contribution in [0.15, 0.2) is 29.3 Å². The van der Waals surface area contributed by atoms with Gasteiger partial charge in [0.05, 0.1) is 13.7 Å². The summed E-state index contributed by atoms with van der Waals surface area (Å²) in [6.07, 6.45) is 3.42. The number of aliphatic imine (C=N–C) groups is 1. The normalized spacial score (nSPS) is 14.1. The van der Waals surface area contributed by atoms with E-state index in [0.29, 0.717) is 13.1 Å². The van der Waals surface area contributed by atoms with E-state index in [1.165, 1.54) is 12.8 Å². The summed E-state index contributed by atoms with van der Waals surface area (Å²) in [4.78, 5) is 6.46. The lowest BCUT2D eigenvalue weighted by Gasteiger charge is -2.23. The molecule has 0 aliphatic carbocycles. The fourth-order valence-corrected chi connectivity index (χ4v) is 3.21. The highest BCUT2D eigenvalue weighted by molar-refractivity contribution is 5.79. The van der Waals surface area contributed by atoms with Gasteiger partial charge in [0.2, 0.25) is 0 Å². The molecule has 3 rings (SSSR count). The third-order valence-electron chi connectivity index (χ3n) is 4.51. The molecule has 0 fully saturated rings. The largest absolute Gasteiger partial charge is 0.496 e. The summed E-state index contributed by atoms with van der Waals surface area (Å²) >= 11 is 0. The summed E-state index contributed by atoms with van der Waals surface area (Å²) in [7, 11) is 5.50. The van der Waals surface area contributed by atoms with Gasteiger partial charge in [-0.05, 0) is 18.9 Å². The molecule has 1 aromatic heterocycles. The van der Waals surface area contributed by atoms with Gasteiger partial charge in [0.15, 0.2) is 11.8 Å². The molecule has 0 saturated carbocycles. The Bertz CT molecular complexity index is 739. The molecule has 0 bridgehead atoms. The van der Waals surface area contributed by atoms with Crippen LogP contribution in [0.5, 0.6) is 5.75 Å². The quantitative estimate of drug-likeness (QED) is 0.663. The Balaban J connectivity index is 1.63. The summed E-state index contributed by atoms with van der Waals surface area (Å²) < 4.78 is 7.66. The maximum Gasteiger partial charge on any atom is 0.194 e. The molecule has 2 aromatic rings. The summed E-state index contributed by atoms with van der Waals surface area (Å²) in [5.41, 5.74) is 1.12. The van der Waals surface area contributed by atoms with E-state index in [0.717, 1.165) is 41.9 Å². The molecule has 2 heterocycles. The van der Waals surface area contributed by atoms with Gasteiger partial charge in [0, 0.05) is 39.2 Å². The summed E-state index contributed by atoms with van der Waals surface area (Å²) in [6.45, 7) is 2.34. The smallest absolute Gasteiger partial charge is 0.194 e. The highest BCUT2D eigenvalue weighted by Crippen LogP contribution is 2.19. The molecule has 7 nitrogen and oxygen atoms in total. The number of fused-ring (bicyclic) bond motifs is 1. The van der Waals surface area contributed by atoms with E-state index in [1.54, 1.807) is 14.2 Å². The number of ether oxygens (including phenoxy) is 1. The molecular weight excluding hydrogens is 316 g/mol. The van der Waals surface area contributed by atoms with Gasteiger partial charge in [-0.1, -0.05) is 18.2 Å². The predicted octanol–water partition coefficient (Wildman–Crippen LogP) is 1.83. The van der Waals surface area contributed by atoms with E-state index < -0.39 is 0 Å². The van der Waals surface area contributed by atoms with Crippen molar-refractivity contribution in [1.29, 1.82) is 0 Å². The molecule has 0 amide bonds. The minimum atomic E-state index is 0.621. The summed E-state index contributed by atoms with van der Waals surface area (Å²) in [5.74, 6) is 3.78. The molecule has 7 heteroatoms. The van der Waals surface area contributed by atoms with Crippen LogP contribution in [0.4, 0.5) is 0 Å². The monoisotopic (exact) mass is 342 g/mol. The molecule has 1 aliphatic rings. The number of aryl methyl sites for hydroxylation is 1. The van der Waals surface area contributed by atoms with E-state index >= 15 is 0 Å². The maximum atomic E-state index is 5.43. The Kier molecular flexibility index (Phi) is 5.53. The Hall–Kier alpha value is -2.57. The van der Waals surface area contributed by atoms with Gasteiger partial charge in [0.25, 0.3) is 0 Å². The highest BCUT2D eigenvalue weighted by atomic mass is 16.5. The first-order valence-corrected chi connectivity index (χ1v) is 8.67. The topological polar surface area (TPSA) is 67.6 Å². The van der Waals surface area contributed by atoms with E-state index in [4.69, 9.17) is 4.74 Å². The third-order valence-corrected chi connectivity index (χ3v) is 4.51. The van der Waals surface area contributed by atoms with Gasteiger partial charge < -0.3 is 19.5 Å². The van der Waals surface area contributed by atoms with Crippen LogP contribution in [0.1, 0.15) is 30.1 Å². The zero-order chi connectivity index (χ0) is 17.6. The van der Waals surface area contributed by atoms with Gasteiger partial charge in [-0.15, -0.1) is 10.2 Å². The Morgan fingerprint density at radius 2 is 2.16 bits per heavy atom. The van der Waals surface area contributed by atoms with Gasteiger partial charge in [-0.3, -0.25) is 4.99 Å². The maximum absolute atomic E-state index is 5.43. The van der Waals surface area contributed by atoms with Crippen molar-refractivity contribution in [1.82, 2.24) is 25.0 Å². The highest BCUT2D eigenvalue weighted by Gasteiger charge is 2.16. The first-order valence-electron chi connectivity index (χ1n) is 8.67. The van der Waals surface area contributed by atoms with Crippen molar-refractivity contribution >= 4 is 5.96 Å². The van der Waals surface area contributed by atoms with Gasteiger partial charge in [0.1, 0.15) is 11.6 Å². The third kappa shape index (κ3) is 3.92. The number of benzene rings is 1. The zero-order valence-corrected chi connectivity index (χ0v) is 15.2. The SMILES string of the molecule is CN=C(NCc1nnc2n1CCCC2)N(C)Cc1ccccc1OC. The molecule has 0 saturated heterocycles. The molecule has 0 unspecified atom stereocenters. The zero-order valence-electron chi connectivity index (χ0n) is 15.2. The number of para-hydroxylation sites is 1. The number of nitrogens with zero attached hydrogens (tertiary/aromatic N) is 5. The lowest BCUT2D eigenvalue weighted by molar-refractivity contribution is 0.395. The number of hydrogen-bond acceptors (Lipinski definition) is 4. The minimum absolute atomic E-state index is 0.621. The number of methoxy groups -OCH3 is 1. The lowest BCUT2D eigenvalue weighted by Crippen LogP contribution is -2.38. The van der Waals surface area contributed by atoms with Crippen LogP contribution in [-0.2, 0) is 26.1 Å². The second-order valence-corrected chi connectivity index (χ2v) is 6.21. The summed E-state index contributed by atoms with van der Waals surface area (Å²) in [6, 6.07) is 8.04. The second-order valence-electron chi connectivity index (χ2n) is 6.21. The van der Waals surface area contributed by atoms with Crippen molar-refractivity contribution in [2.24, 2.45) is 4.99 Å². The minimum Gasteiger partial charge on any atom is -0.496 e. The van der Waals surface area contributed by atoms with Crippen molar-refractivity contribution in [3.05, 3.63) is 41.5 Å². The van der Waals surface area contributed by atoms with Gasteiger partial charge in [-0.25, -0.2) is 0 Å². The first kappa shape index (κ1) is 17.3. The van der Waals surface area contributed by atoms with Crippen LogP contribution < -0.4 is 10.1 Å². The van der Waals surface area contributed by atoms with Gasteiger partial charge >= 0.3 is 0 Å². The Labute approximate surface area is 148 Å². The van der Waals surface area contributed by atoms with E-state index in [1.807, 2.05) is 25.2 Å². The average molecular weight is 342 g/mol. The number of aromatic nitrogens is 3. The molecular formula is C18H26N6O. The van der Waals surface area contributed by atoms with Crippen molar-refractivity contribution in [3.8, 4) is 5.75 Å². The second kappa shape index (κ2) is 8.00. The van der Waals surface area contributed by atoms with Crippen LogP contribution in [0, 0.1) is 0 Å². The number of hydrogen-bond donors (Lipinski definition) is 1. The van der Waals surface area contributed by atoms with Crippen LogP contribution in [0.3, 0.4) is 0 Å². The number of nitrogens with one attached hydrogen (secondary N) is 1. The lowest BCUT2D eigenvalue weighted by atomic mass is 10.2. The fraction of sp³-hybridized carbons (Fsp3) is 0.500. The van der Waals surface area contributed by atoms with E-state index in [-0.39, 0.29) is 0 Å². The van der Waals surface area contributed by atoms with Crippen molar-refractivity contribution in [2.45, 2.75) is 38.9 Å². The van der Waals surface area contributed by atoms with Crippen LogP contribution in [0.2, 0.25) is 0 Å². The molecule has 1 aromatic carbocycles. The Morgan fingerprint density at radius 3 is 2.96 bits per heavy atom. The molecule has 0 radical (unpaired) electrons. The van der Waals surface area contributed by atoms with Gasteiger partial charge in [-0.2, -0.15) is 0 Å². The standard InChI is InChI=1S/C18H26N6O/c1-19-18(23(2)13-14-8-4-5-9-15(14)25-3)20-12-17-22-21-16-10-6-7-11-24(16)17/h4-5,8-9H,6-7,10-13H2,1-3H3,(H,19,20). The number of rotatable bonds is 5. The van der Waals surface area contributed by atoms with Crippen molar-refractivity contribution in [2.75, 3.05) is 21.2 Å². The van der Waals surface area contributed by atoms with Crippen molar-refractivity contribution in [3.63, 3.8) is 0 Å². The number of guanidine groups is 1. The van der Waals surface area contributed by atoms with Crippen LogP contribution >= 0.6 is 0 Å². The molecule has 25 heavy (non-hydrogen) atoms. The molecule has 0 spiro atoms. The molecule has 1 N–H and O–H groups in total. The van der Waals surface area contributed by atoms with Crippen LogP contribution in [0.25, 0.3) is 0 Å². The van der Waals surface area contributed by atoms with E-state index in [2.05, 4.69) is 36.0 Å². The summed E-state index contributed by atoms with van der Waals surface area (Å²) in [5, 5.41) is 12.0. The molecule has 134 valence electrons. The Morgan fingerprint density at radius 1 is 1.32 bits per heavy atom. The molecule has 1 aliphatic heterocycles. The van der Waals surface area contributed by atoms with E-state index in [9.17, 15) is 0 Å². The van der Waals surface area contributed by atoms with Crippen LogP contribution in [-0.4, -0.2) is 46.8 Å². The molecule has 0 atom stereocenters.